The average Bonchev–Trinajstić information content (AvgIpc) is 2.73. The molecule has 0 atom stereocenters. The lowest BCUT2D eigenvalue weighted by molar-refractivity contribution is 0.102. The van der Waals surface area contributed by atoms with Gasteiger partial charge in [-0.05, 0) is 33.5 Å². The molecule has 2 heterocycles. The maximum Gasteiger partial charge on any atom is 0.331 e. The second-order valence-electron chi connectivity index (χ2n) is 5.39. The summed E-state index contributed by atoms with van der Waals surface area (Å²) < 4.78 is 2.70. The first kappa shape index (κ1) is 15.7. The van der Waals surface area contributed by atoms with Crippen molar-refractivity contribution in [3.63, 3.8) is 0 Å². The number of aryl methyl sites for hydroxylation is 1. The van der Waals surface area contributed by atoms with Gasteiger partial charge in [-0.1, -0.05) is 0 Å². The Balaban J connectivity index is 2.84. The number of carbonyl (C=O) groups is 1. The molecule has 0 unspecified atom stereocenters. The van der Waals surface area contributed by atoms with E-state index in [1.807, 2.05) is 19.0 Å². The number of hydrogen-bond donors (Lipinski definition) is 0. The Bertz CT molecular complexity index is 827. The molecule has 0 N–H and O–H groups in total. The van der Waals surface area contributed by atoms with Crippen LogP contribution in [0.1, 0.15) is 22.2 Å². The van der Waals surface area contributed by atoms with Gasteiger partial charge in [0.15, 0.2) is 5.78 Å². The minimum Gasteiger partial charge on any atom is -0.308 e. The van der Waals surface area contributed by atoms with Gasteiger partial charge in [0.1, 0.15) is 4.83 Å². The van der Waals surface area contributed by atoms with Gasteiger partial charge in [0.05, 0.1) is 10.3 Å². The van der Waals surface area contributed by atoms with Crippen molar-refractivity contribution in [3.05, 3.63) is 31.3 Å². The molecule has 2 aromatic rings. The summed E-state index contributed by atoms with van der Waals surface area (Å²) in [5.74, 6) is -0.0811. The summed E-state index contributed by atoms with van der Waals surface area (Å²) in [5.41, 5.74) is -0.00948. The normalized spacial score (nSPS) is 11.5. The van der Waals surface area contributed by atoms with Gasteiger partial charge in [-0.25, -0.2) is 4.79 Å². The number of ketones is 1. The third-order valence-corrected chi connectivity index (χ3v) is 4.92. The van der Waals surface area contributed by atoms with Gasteiger partial charge >= 0.3 is 5.69 Å². The summed E-state index contributed by atoms with van der Waals surface area (Å²) in [6.07, 6.45) is 0. The van der Waals surface area contributed by atoms with Crippen molar-refractivity contribution in [2.45, 2.75) is 20.4 Å². The second kappa shape index (κ2) is 5.57. The lowest BCUT2D eigenvalue weighted by atomic mass is 10.2. The molecule has 0 fully saturated rings. The Kier molecular flexibility index (Phi) is 4.15. The first-order valence-electron chi connectivity index (χ1n) is 6.64. The van der Waals surface area contributed by atoms with E-state index < -0.39 is 0 Å². The molecule has 2 aromatic heterocycles. The molecular formula is C14H19N3O3S. The van der Waals surface area contributed by atoms with Crippen molar-refractivity contribution in [3.8, 4) is 0 Å². The lowest BCUT2D eigenvalue weighted by Crippen LogP contribution is -2.39. The van der Waals surface area contributed by atoms with Gasteiger partial charge in [-0.15, -0.1) is 11.3 Å². The number of rotatable bonds is 4. The third-order valence-electron chi connectivity index (χ3n) is 3.50. The van der Waals surface area contributed by atoms with E-state index in [1.54, 1.807) is 11.5 Å². The van der Waals surface area contributed by atoms with Crippen LogP contribution in [0.4, 0.5) is 0 Å². The van der Waals surface area contributed by atoms with Crippen LogP contribution in [-0.2, 0) is 13.6 Å². The summed E-state index contributed by atoms with van der Waals surface area (Å²) in [7, 11) is 5.32. The molecular weight excluding hydrogens is 290 g/mol. The Morgan fingerprint density at radius 2 is 1.90 bits per heavy atom. The van der Waals surface area contributed by atoms with Crippen LogP contribution in [0.5, 0.6) is 0 Å². The van der Waals surface area contributed by atoms with Crippen molar-refractivity contribution in [2.24, 2.45) is 7.05 Å². The monoisotopic (exact) mass is 309 g/mol. The summed E-state index contributed by atoms with van der Waals surface area (Å²) in [6, 6.07) is 0. The van der Waals surface area contributed by atoms with Gasteiger partial charge in [-0.2, -0.15) is 0 Å². The molecule has 114 valence electrons. The highest BCUT2D eigenvalue weighted by Gasteiger charge is 2.20. The van der Waals surface area contributed by atoms with Gasteiger partial charge in [-0.3, -0.25) is 18.7 Å². The molecule has 0 aliphatic carbocycles. The highest BCUT2D eigenvalue weighted by atomic mass is 32.1. The van der Waals surface area contributed by atoms with Gasteiger partial charge in [0.2, 0.25) is 0 Å². The number of nitrogens with zero attached hydrogens (tertiary/aromatic N) is 3. The van der Waals surface area contributed by atoms with Crippen molar-refractivity contribution in [2.75, 3.05) is 20.6 Å². The Morgan fingerprint density at radius 1 is 1.29 bits per heavy atom. The minimum absolute atomic E-state index is 0.0811. The number of carbonyl (C=O) groups excluding carboxylic acids is 1. The predicted molar refractivity (Wildman–Crippen MR) is 84.6 cm³/mol. The van der Waals surface area contributed by atoms with Crippen molar-refractivity contribution in [1.29, 1.82) is 0 Å². The molecule has 0 aliphatic heterocycles. The first-order chi connectivity index (χ1) is 9.75. The lowest BCUT2D eigenvalue weighted by Gasteiger charge is -2.13. The van der Waals surface area contributed by atoms with Crippen molar-refractivity contribution < 1.29 is 4.79 Å². The topological polar surface area (TPSA) is 64.3 Å². The Hall–Kier alpha value is -1.73. The molecule has 2 rings (SSSR count). The Labute approximate surface area is 126 Å². The third kappa shape index (κ3) is 2.58. The second-order valence-corrected chi connectivity index (χ2v) is 6.39. The molecule has 0 amide bonds. The van der Waals surface area contributed by atoms with Gasteiger partial charge < -0.3 is 4.90 Å². The highest BCUT2D eigenvalue weighted by Crippen LogP contribution is 2.27. The minimum atomic E-state index is -0.342. The van der Waals surface area contributed by atoms with Crippen LogP contribution in [0.25, 0.3) is 10.2 Å². The van der Waals surface area contributed by atoms with Gasteiger partial charge in [0, 0.05) is 20.1 Å². The number of thiophene rings is 1. The van der Waals surface area contributed by atoms with E-state index in [9.17, 15) is 14.4 Å². The summed E-state index contributed by atoms with van der Waals surface area (Å²) in [5, 5.41) is 0.478. The quantitative estimate of drug-likeness (QED) is 0.785. The van der Waals surface area contributed by atoms with Crippen molar-refractivity contribution in [1.82, 2.24) is 14.0 Å². The highest BCUT2D eigenvalue weighted by molar-refractivity contribution is 7.20. The van der Waals surface area contributed by atoms with E-state index in [4.69, 9.17) is 0 Å². The first-order valence-corrected chi connectivity index (χ1v) is 7.46. The maximum absolute atomic E-state index is 12.3. The largest absolute Gasteiger partial charge is 0.331 e. The van der Waals surface area contributed by atoms with E-state index in [0.717, 1.165) is 4.57 Å². The zero-order valence-electron chi connectivity index (χ0n) is 12.9. The fourth-order valence-corrected chi connectivity index (χ4v) is 3.51. The number of fused-ring (bicyclic) bond motifs is 1. The fraction of sp³-hybridized carbons (Fsp3) is 0.500. The van der Waals surface area contributed by atoms with Crippen molar-refractivity contribution >= 4 is 27.3 Å². The molecule has 0 radical (unpaired) electrons. The fourth-order valence-electron chi connectivity index (χ4n) is 2.30. The molecule has 6 nitrogen and oxygen atoms in total. The van der Waals surface area contributed by atoms with E-state index in [-0.39, 0.29) is 17.0 Å². The van der Waals surface area contributed by atoms with Crippen LogP contribution in [0, 0.1) is 6.92 Å². The van der Waals surface area contributed by atoms with Crippen LogP contribution >= 0.6 is 11.3 Å². The summed E-state index contributed by atoms with van der Waals surface area (Å²) >= 11 is 1.23. The van der Waals surface area contributed by atoms with E-state index >= 15 is 0 Å². The molecule has 0 saturated carbocycles. The van der Waals surface area contributed by atoms with Crippen LogP contribution in [0.15, 0.2) is 9.59 Å². The summed E-state index contributed by atoms with van der Waals surface area (Å²) in [6.45, 7) is 4.40. The standard InChI is InChI=1S/C14H19N3O3S/c1-8-10-12(19)16(5)14(20)17(7-6-15(3)4)13(10)21-11(8)9(2)18/h6-7H2,1-5H3. The molecule has 0 saturated heterocycles. The van der Waals surface area contributed by atoms with E-state index in [2.05, 4.69) is 0 Å². The SMILES string of the molecule is CC(=O)c1sc2c(c1C)c(=O)n(C)c(=O)n2CCN(C)C. The van der Waals surface area contributed by atoms with Crippen LogP contribution < -0.4 is 11.2 Å². The maximum atomic E-state index is 12.3. The molecule has 0 aliphatic rings. The molecule has 0 spiro atoms. The number of Topliss-reactive ketones (excluding diaryl/α,β-unsaturated/α-hetero) is 1. The van der Waals surface area contributed by atoms with Crippen LogP contribution in [0.2, 0.25) is 0 Å². The number of hydrogen-bond acceptors (Lipinski definition) is 5. The molecule has 0 bridgehead atoms. The number of aromatic nitrogens is 2. The van der Waals surface area contributed by atoms with Gasteiger partial charge in [0.25, 0.3) is 5.56 Å². The average molecular weight is 309 g/mol. The zero-order valence-corrected chi connectivity index (χ0v) is 13.7. The smallest absolute Gasteiger partial charge is 0.308 e. The van der Waals surface area contributed by atoms with Crippen LogP contribution in [-0.4, -0.2) is 40.5 Å². The predicted octanol–water partition coefficient (Wildman–Crippen LogP) is 0.834. The van der Waals surface area contributed by atoms with Crippen LogP contribution in [0.3, 0.4) is 0 Å². The molecule has 21 heavy (non-hydrogen) atoms. The number of likely N-dealkylation sites (N-methyl/N-ethyl adjacent to an activating group) is 1. The van der Waals surface area contributed by atoms with E-state index in [1.165, 1.54) is 25.3 Å². The summed E-state index contributed by atoms with van der Waals surface area (Å²) in [4.78, 5) is 39.5. The zero-order chi connectivity index (χ0) is 15.9. The molecule has 7 heteroatoms. The Morgan fingerprint density at radius 3 is 2.43 bits per heavy atom. The molecule has 0 aromatic carbocycles. The van der Waals surface area contributed by atoms with E-state index in [0.29, 0.717) is 33.7 Å².